The van der Waals surface area contributed by atoms with Crippen molar-refractivity contribution in [2.75, 3.05) is 11.1 Å². The van der Waals surface area contributed by atoms with Gasteiger partial charge in [0.25, 0.3) is 0 Å². The lowest BCUT2D eigenvalue weighted by Gasteiger charge is -2.11. The van der Waals surface area contributed by atoms with Crippen molar-refractivity contribution in [1.82, 2.24) is 9.97 Å². The number of benzene rings is 1. The number of nitrogen functional groups attached to an aromatic ring is 1. The summed E-state index contributed by atoms with van der Waals surface area (Å²) >= 11 is 1.15. The van der Waals surface area contributed by atoms with Crippen molar-refractivity contribution in [3.63, 3.8) is 0 Å². The SMILES string of the molecule is Nc1cnc2ccccc2c1NCc1csc(=O)[nH]1. The lowest BCUT2D eigenvalue weighted by atomic mass is 10.1. The standard InChI is InChI=1S/C13H12N4OS/c14-10-6-15-11-4-2-1-3-9(11)12(10)16-5-8-7-19-13(18)17-8/h1-4,6-7H,5,14H2,(H,15,16)(H,17,18). The topological polar surface area (TPSA) is 83.8 Å². The van der Waals surface area contributed by atoms with Gasteiger partial charge in [-0.25, -0.2) is 0 Å². The number of nitrogens with zero attached hydrogens (tertiary/aromatic N) is 1. The Balaban J connectivity index is 1.95. The molecule has 0 atom stereocenters. The van der Waals surface area contributed by atoms with E-state index in [1.54, 1.807) is 11.6 Å². The van der Waals surface area contributed by atoms with Crippen molar-refractivity contribution in [3.05, 3.63) is 51.2 Å². The Bertz CT molecular complexity index is 777. The summed E-state index contributed by atoms with van der Waals surface area (Å²) in [5.74, 6) is 0. The van der Waals surface area contributed by atoms with E-state index in [9.17, 15) is 4.79 Å². The van der Waals surface area contributed by atoms with Gasteiger partial charge in [0.2, 0.25) is 0 Å². The molecule has 6 heteroatoms. The van der Waals surface area contributed by atoms with Crippen LogP contribution < -0.4 is 15.9 Å². The molecule has 0 aliphatic rings. The van der Waals surface area contributed by atoms with E-state index in [0.717, 1.165) is 33.6 Å². The summed E-state index contributed by atoms with van der Waals surface area (Å²) in [6.45, 7) is 0.525. The quantitative estimate of drug-likeness (QED) is 0.682. The second-order valence-electron chi connectivity index (χ2n) is 4.13. The third-order valence-corrected chi connectivity index (χ3v) is 3.55. The Morgan fingerprint density at radius 1 is 1.37 bits per heavy atom. The Morgan fingerprint density at radius 3 is 3.00 bits per heavy atom. The van der Waals surface area contributed by atoms with Crippen LogP contribution in [0.25, 0.3) is 10.9 Å². The number of nitrogens with two attached hydrogens (primary N) is 1. The van der Waals surface area contributed by atoms with Gasteiger partial charge in [-0.05, 0) is 6.07 Å². The molecule has 0 spiro atoms. The number of rotatable bonds is 3. The van der Waals surface area contributed by atoms with Crippen molar-refractivity contribution in [1.29, 1.82) is 0 Å². The molecule has 0 aliphatic heterocycles. The first-order chi connectivity index (χ1) is 9.24. The first kappa shape index (κ1) is 11.7. The molecule has 1 aromatic carbocycles. The van der Waals surface area contributed by atoms with Crippen LogP contribution in [-0.4, -0.2) is 9.97 Å². The first-order valence-electron chi connectivity index (χ1n) is 5.78. The molecule has 0 aliphatic carbocycles. The van der Waals surface area contributed by atoms with Crippen LogP contribution in [0.15, 0.2) is 40.6 Å². The maximum Gasteiger partial charge on any atom is 0.304 e. The van der Waals surface area contributed by atoms with Crippen LogP contribution in [0.4, 0.5) is 11.4 Å². The molecule has 96 valence electrons. The van der Waals surface area contributed by atoms with Gasteiger partial charge in [0, 0.05) is 16.5 Å². The Hall–Kier alpha value is -2.34. The second kappa shape index (κ2) is 4.74. The number of thiazole rings is 1. The molecule has 0 bridgehead atoms. The van der Waals surface area contributed by atoms with Crippen LogP contribution in [0.3, 0.4) is 0 Å². The molecular formula is C13H12N4OS. The molecule has 2 heterocycles. The number of hydrogen-bond donors (Lipinski definition) is 3. The molecule has 0 amide bonds. The third kappa shape index (κ3) is 2.30. The van der Waals surface area contributed by atoms with Crippen LogP contribution in [-0.2, 0) is 6.54 Å². The van der Waals surface area contributed by atoms with Gasteiger partial charge in [-0.15, -0.1) is 0 Å². The summed E-state index contributed by atoms with van der Waals surface area (Å²) in [6, 6.07) is 7.79. The van der Waals surface area contributed by atoms with Gasteiger partial charge in [0.1, 0.15) is 0 Å². The highest BCUT2D eigenvalue weighted by Crippen LogP contribution is 2.27. The van der Waals surface area contributed by atoms with Gasteiger partial charge in [-0.1, -0.05) is 29.5 Å². The number of fused-ring (bicyclic) bond motifs is 1. The lowest BCUT2D eigenvalue weighted by molar-refractivity contribution is 1.06. The second-order valence-corrected chi connectivity index (χ2v) is 4.97. The molecular weight excluding hydrogens is 260 g/mol. The molecule has 0 saturated heterocycles. The van der Waals surface area contributed by atoms with Crippen molar-refractivity contribution >= 4 is 33.6 Å². The van der Waals surface area contributed by atoms with E-state index in [1.165, 1.54) is 0 Å². The third-order valence-electron chi connectivity index (χ3n) is 2.83. The van der Waals surface area contributed by atoms with Gasteiger partial charge in [-0.3, -0.25) is 9.78 Å². The van der Waals surface area contributed by atoms with E-state index >= 15 is 0 Å². The van der Waals surface area contributed by atoms with Crippen molar-refractivity contribution in [3.8, 4) is 0 Å². The van der Waals surface area contributed by atoms with E-state index in [2.05, 4.69) is 15.3 Å². The minimum absolute atomic E-state index is 0.0515. The summed E-state index contributed by atoms with van der Waals surface area (Å²) in [7, 11) is 0. The first-order valence-corrected chi connectivity index (χ1v) is 6.66. The number of hydrogen-bond acceptors (Lipinski definition) is 5. The fraction of sp³-hybridized carbons (Fsp3) is 0.0769. The largest absolute Gasteiger partial charge is 0.396 e. The van der Waals surface area contributed by atoms with Crippen molar-refractivity contribution < 1.29 is 0 Å². The Labute approximate surface area is 113 Å². The fourth-order valence-corrected chi connectivity index (χ4v) is 2.52. The highest BCUT2D eigenvalue weighted by Gasteiger charge is 2.06. The number of aromatic amines is 1. The van der Waals surface area contributed by atoms with Gasteiger partial charge in [-0.2, -0.15) is 0 Å². The molecule has 0 fully saturated rings. The van der Waals surface area contributed by atoms with Crippen LogP contribution in [0.1, 0.15) is 5.69 Å². The summed E-state index contributed by atoms with van der Waals surface area (Å²) < 4.78 is 0. The normalized spacial score (nSPS) is 10.7. The molecule has 0 unspecified atom stereocenters. The lowest BCUT2D eigenvalue weighted by Crippen LogP contribution is -2.05. The molecule has 4 N–H and O–H groups in total. The molecule has 5 nitrogen and oxygen atoms in total. The van der Waals surface area contributed by atoms with E-state index in [1.807, 2.05) is 24.3 Å². The van der Waals surface area contributed by atoms with E-state index in [-0.39, 0.29) is 4.87 Å². The van der Waals surface area contributed by atoms with E-state index < -0.39 is 0 Å². The minimum Gasteiger partial charge on any atom is -0.396 e. The summed E-state index contributed by atoms with van der Waals surface area (Å²) in [5.41, 5.74) is 9.13. The number of nitrogens with one attached hydrogen (secondary N) is 2. The highest BCUT2D eigenvalue weighted by atomic mass is 32.1. The number of anilines is 2. The van der Waals surface area contributed by atoms with Gasteiger partial charge in [0.05, 0.1) is 29.6 Å². The van der Waals surface area contributed by atoms with Crippen LogP contribution >= 0.6 is 11.3 Å². The van der Waals surface area contributed by atoms with Crippen LogP contribution in [0.2, 0.25) is 0 Å². The molecule has 3 aromatic rings. The minimum atomic E-state index is -0.0515. The van der Waals surface area contributed by atoms with Crippen molar-refractivity contribution in [2.24, 2.45) is 0 Å². The average molecular weight is 272 g/mol. The summed E-state index contributed by atoms with van der Waals surface area (Å²) in [4.78, 5) is 18.1. The zero-order chi connectivity index (χ0) is 13.2. The van der Waals surface area contributed by atoms with E-state index in [4.69, 9.17) is 5.73 Å². The van der Waals surface area contributed by atoms with Crippen molar-refractivity contribution in [2.45, 2.75) is 6.54 Å². The van der Waals surface area contributed by atoms with Gasteiger partial charge >= 0.3 is 4.87 Å². The average Bonchev–Trinajstić information content (AvgIpc) is 2.83. The number of para-hydroxylation sites is 1. The summed E-state index contributed by atoms with van der Waals surface area (Å²) in [6.07, 6.45) is 1.64. The molecule has 2 aromatic heterocycles. The smallest absolute Gasteiger partial charge is 0.304 e. The predicted molar refractivity (Wildman–Crippen MR) is 78.4 cm³/mol. The van der Waals surface area contributed by atoms with E-state index in [0.29, 0.717) is 12.2 Å². The molecule has 19 heavy (non-hydrogen) atoms. The zero-order valence-electron chi connectivity index (χ0n) is 10.0. The Morgan fingerprint density at radius 2 is 2.21 bits per heavy atom. The maximum absolute atomic E-state index is 11.1. The molecule has 0 saturated carbocycles. The predicted octanol–water partition coefficient (Wildman–Crippen LogP) is 2.18. The molecule has 3 rings (SSSR count). The maximum atomic E-state index is 11.1. The molecule has 0 radical (unpaired) electrons. The van der Waals surface area contributed by atoms with Crippen LogP contribution in [0.5, 0.6) is 0 Å². The fourth-order valence-electron chi connectivity index (χ4n) is 1.94. The van der Waals surface area contributed by atoms with Crippen LogP contribution in [0, 0.1) is 0 Å². The Kier molecular flexibility index (Phi) is 2.92. The number of aromatic nitrogens is 2. The number of pyridine rings is 1. The zero-order valence-corrected chi connectivity index (χ0v) is 10.8. The van der Waals surface area contributed by atoms with Gasteiger partial charge in [0.15, 0.2) is 0 Å². The monoisotopic (exact) mass is 272 g/mol. The summed E-state index contributed by atoms with van der Waals surface area (Å²) in [5, 5.41) is 6.03. The van der Waals surface area contributed by atoms with Gasteiger partial charge < -0.3 is 16.0 Å². The number of H-pyrrole nitrogens is 1. The highest BCUT2D eigenvalue weighted by molar-refractivity contribution is 7.07.